The summed E-state index contributed by atoms with van der Waals surface area (Å²) in [6, 6.07) is 8.13. The number of nitrogens with zero attached hydrogens (tertiary/aromatic N) is 2. The van der Waals surface area contributed by atoms with Crippen LogP contribution in [0.3, 0.4) is 0 Å². The van der Waals surface area contributed by atoms with Crippen molar-refractivity contribution in [2.75, 3.05) is 19.6 Å². The Kier molecular flexibility index (Phi) is 6.25. The van der Waals surface area contributed by atoms with Crippen LogP contribution >= 0.6 is 11.6 Å². The minimum Gasteiger partial charge on any atom is -0.530 e. The molecule has 3 fully saturated rings. The molecular weight excluding hydrogens is 467 g/mol. The highest BCUT2D eigenvalue weighted by Gasteiger charge is 2.48. The van der Waals surface area contributed by atoms with Gasteiger partial charge in [-0.1, -0.05) is 31.5 Å². The highest BCUT2D eigenvalue weighted by atomic mass is 35.5. The Labute approximate surface area is 211 Å². The predicted octanol–water partition coefficient (Wildman–Crippen LogP) is 5.30. The fraction of sp³-hybridized carbons (Fsp3) is 0.536. The van der Waals surface area contributed by atoms with Gasteiger partial charge in [0, 0.05) is 18.2 Å². The third kappa shape index (κ3) is 4.40. The van der Waals surface area contributed by atoms with Crippen LogP contribution in [0.25, 0.3) is 11.1 Å². The molecule has 2 aromatic carbocycles. The quantitative estimate of drug-likeness (QED) is 0.560. The third-order valence-electron chi connectivity index (χ3n) is 7.98. The predicted molar refractivity (Wildman–Crippen MR) is 133 cm³/mol. The first-order chi connectivity index (χ1) is 16.5. The van der Waals surface area contributed by atoms with Gasteiger partial charge in [0.2, 0.25) is 0 Å². The molecule has 2 bridgehead atoms. The number of carboxylic acid groups (broad SMARTS) is 1. The van der Waals surface area contributed by atoms with E-state index in [-0.39, 0.29) is 23.4 Å². The monoisotopic (exact) mass is 499 g/mol. The molecule has 0 spiro atoms. The van der Waals surface area contributed by atoms with Crippen LogP contribution in [0.1, 0.15) is 57.7 Å². The fourth-order valence-electron chi connectivity index (χ4n) is 6.49. The second-order valence-corrected chi connectivity index (χ2v) is 11.7. The van der Waals surface area contributed by atoms with Crippen molar-refractivity contribution in [3.63, 3.8) is 0 Å². The number of hydrogen-bond donors (Lipinski definition) is 0. The van der Waals surface area contributed by atoms with Crippen LogP contribution in [0, 0.1) is 17.2 Å². The lowest BCUT2D eigenvalue weighted by Gasteiger charge is -2.53. The Morgan fingerprint density at radius 1 is 1.23 bits per heavy atom. The molecule has 188 valence electrons. The van der Waals surface area contributed by atoms with E-state index < -0.39 is 12.1 Å². The summed E-state index contributed by atoms with van der Waals surface area (Å²) >= 11 is 6.29. The fourth-order valence-corrected chi connectivity index (χ4v) is 6.66. The van der Waals surface area contributed by atoms with Gasteiger partial charge in [0.05, 0.1) is 17.2 Å². The van der Waals surface area contributed by atoms with Gasteiger partial charge >= 0.3 is 0 Å². The first-order valence-corrected chi connectivity index (χ1v) is 12.9. The van der Waals surface area contributed by atoms with E-state index in [0.29, 0.717) is 34.2 Å². The molecule has 3 saturated heterocycles. The zero-order valence-electron chi connectivity index (χ0n) is 20.8. The molecule has 1 amide bonds. The molecular formula is C28H33ClFN2O3-. The normalized spacial score (nSPS) is 26.6. The highest BCUT2D eigenvalue weighted by Crippen LogP contribution is 2.52. The van der Waals surface area contributed by atoms with Crippen molar-refractivity contribution in [3.05, 3.63) is 52.3 Å². The number of hydrogen-bond acceptors (Lipinski definition) is 4. The number of ether oxygens (including phenoxy) is 1. The van der Waals surface area contributed by atoms with Gasteiger partial charge in [0.15, 0.2) is 0 Å². The average molecular weight is 500 g/mol. The molecule has 1 aliphatic carbocycles. The smallest absolute Gasteiger partial charge is 0.138 e. The van der Waals surface area contributed by atoms with Gasteiger partial charge in [0.25, 0.3) is 0 Å². The lowest BCUT2D eigenvalue weighted by atomic mass is 9.79. The number of halogens is 2. The van der Waals surface area contributed by atoms with Gasteiger partial charge in [-0.25, -0.2) is 4.39 Å². The van der Waals surface area contributed by atoms with E-state index in [9.17, 15) is 9.90 Å². The maximum absolute atomic E-state index is 15.6. The molecule has 0 unspecified atom stereocenters. The Balaban J connectivity index is 1.54. The molecule has 5 nitrogen and oxygen atoms in total. The van der Waals surface area contributed by atoms with E-state index in [0.717, 1.165) is 43.6 Å². The molecule has 0 aromatic heterocycles. The lowest BCUT2D eigenvalue weighted by molar-refractivity contribution is -0.276. The minimum absolute atomic E-state index is 0.0591. The molecule has 0 N–H and O–H groups in total. The molecule has 3 heterocycles. The minimum atomic E-state index is -1.16. The van der Waals surface area contributed by atoms with Crippen molar-refractivity contribution in [3.8, 4) is 16.9 Å². The summed E-state index contributed by atoms with van der Waals surface area (Å²) in [5.74, 6) is 0.467. The van der Waals surface area contributed by atoms with Crippen LogP contribution in [0.2, 0.25) is 5.02 Å². The van der Waals surface area contributed by atoms with Crippen LogP contribution in [0.5, 0.6) is 5.75 Å². The summed E-state index contributed by atoms with van der Waals surface area (Å²) < 4.78 is 21.4. The molecule has 2 aromatic rings. The number of carbonyl (C=O) groups excluding carboxylic acids is 1. The van der Waals surface area contributed by atoms with Gasteiger partial charge in [-0.15, -0.1) is 0 Å². The van der Waals surface area contributed by atoms with Gasteiger partial charge in [-0.2, -0.15) is 0 Å². The SMILES string of the molecule is CC(C)Oc1cc(-c2cc3c(cc2F)[C@H](N(C(=O)[O-])[C@@H]2CN4CCC2CC4)C(C)(C)C3)ccc1Cl. The van der Waals surface area contributed by atoms with Crippen LogP contribution in [-0.4, -0.2) is 47.7 Å². The molecule has 7 heteroatoms. The first kappa shape index (κ1) is 24.4. The van der Waals surface area contributed by atoms with E-state index in [1.54, 1.807) is 29.2 Å². The maximum Gasteiger partial charge on any atom is 0.138 e. The molecule has 0 radical (unpaired) electrons. The van der Waals surface area contributed by atoms with Gasteiger partial charge in [0.1, 0.15) is 17.7 Å². The zero-order valence-corrected chi connectivity index (χ0v) is 21.6. The Hall–Kier alpha value is -2.31. The van der Waals surface area contributed by atoms with Crippen LogP contribution in [0.15, 0.2) is 30.3 Å². The van der Waals surface area contributed by atoms with Crippen molar-refractivity contribution in [1.29, 1.82) is 0 Å². The third-order valence-corrected chi connectivity index (χ3v) is 8.29. The van der Waals surface area contributed by atoms with Crippen molar-refractivity contribution in [2.45, 2.75) is 65.1 Å². The number of fused-ring (bicyclic) bond motifs is 4. The number of benzene rings is 2. The van der Waals surface area contributed by atoms with Crippen LogP contribution in [0.4, 0.5) is 9.18 Å². The highest BCUT2D eigenvalue weighted by molar-refractivity contribution is 6.32. The number of piperidine rings is 3. The summed E-state index contributed by atoms with van der Waals surface area (Å²) in [5, 5.41) is 13.0. The molecule has 3 aliphatic heterocycles. The summed E-state index contributed by atoms with van der Waals surface area (Å²) in [6.07, 6.45) is 1.44. The second-order valence-electron chi connectivity index (χ2n) is 11.3. The Bertz CT molecular complexity index is 1140. The topological polar surface area (TPSA) is 55.8 Å². The average Bonchev–Trinajstić information content (AvgIpc) is 3.04. The van der Waals surface area contributed by atoms with E-state index in [1.165, 1.54) is 0 Å². The molecule has 6 rings (SSSR count). The van der Waals surface area contributed by atoms with Gasteiger partial charge in [-0.3, -0.25) is 0 Å². The van der Waals surface area contributed by atoms with Gasteiger partial charge in [-0.05, 0) is 98.5 Å². The van der Waals surface area contributed by atoms with E-state index >= 15 is 4.39 Å². The summed E-state index contributed by atoms with van der Waals surface area (Å²) in [6.45, 7) is 10.7. The van der Waals surface area contributed by atoms with Crippen LogP contribution in [-0.2, 0) is 6.42 Å². The van der Waals surface area contributed by atoms with E-state index in [4.69, 9.17) is 16.3 Å². The van der Waals surface area contributed by atoms with E-state index in [2.05, 4.69) is 18.7 Å². The van der Waals surface area contributed by atoms with Crippen molar-refractivity contribution in [2.24, 2.45) is 11.3 Å². The van der Waals surface area contributed by atoms with Crippen molar-refractivity contribution in [1.82, 2.24) is 9.80 Å². The lowest BCUT2D eigenvalue weighted by Crippen LogP contribution is -2.62. The Morgan fingerprint density at radius 2 is 1.94 bits per heavy atom. The van der Waals surface area contributed by atoms with Crippen molar-refractivity contribution >= 4 is 17.7 Å². The standard InChI is InChI=1S/C28H34ClFN2O3/c1-16(2)35-25-12-18(5-6-22(25)29)20-11-19-14-28(3,4)26(21(19)13-23(20)30)32(27(33)34)24-15-31-9-7-17(24)8-10-31/h5-6,11-13,16-17,24,26H,7-10,14-15H2,1-4H3,(H,33,34)/p-1/t24-,26+/m1/s1. The summed E-state index contributed by atoms with van der Waals surface area (Å²) in [5.41, 5.74) is 2.49. The maximum atomic E-state index is 15.6. The number of rotatable bonds is 5. The van der Waals surface area contributed by atoms with Crippen LogP contribution < -0.4 is 9.84 Å². The molecule has 4 aliphatic rings. The summed E-state index contributed by atoms with van der Waals surface area (Å²) in [4.78, 5) is 16.5. The number of carbonyl (C=O) groups is 1. The first-order valence-electron chi connectivity index (χ1n) is 12.6. The molecule has 35 heavy (non-hydrogen) atoms. The van der Waals surface area contributed by atoms with Crippen molar-refractivity contribution < 1.29 is 19.0 Å². The number of amides is 1. The Morgan fingerprint density at radius 3 is 2.54 bits per heavy atom. The largest absolute Gasteiger partial charge is 0.530 e. The zero-order chi connectivity index (χ0) is 25.1. The second kappa shape index (κ2) is 8.97. The van der Waals surface area contributed by atoms with E-state index in [1.807, 2.05) is 19.9 Å². The van der Waals surface area contributed by atoms with Gasteiger partial charge < -0.3 is 24.4 Å². The summed E-state index contributed by atoms with van der Waals surface area (Å²) in [7, 11) is 0. The molecule has 0 saturated carbocycles. The molecule has 2 atom stereocenters.